The number of nitrogens with zero attached hydrogens (tertiary/aromatic N) is 3. The van der Waals surface area contributed by atoms with E-state index in [-0.39, 0.29) is 12.1 Å². The number of aromatic nitrogens is 2. The summed E-state index contributed by atoms with van der Waals surface area (Å²) in [6.07, 6.45) is 1.64. The van der Waals surface area contributed by atoms with Crippen molar-refractivity contribution >= 4 is 17.1 Å². The third-order valence-corrected chi connectivity index (χ3v) is 3.82. The number of aryl methyl sites for hydroxylation is 1. The minimum atomic E-state index is -0.469. The Hall–Kier alpha value is -2.04. The van der Waals surface area contributed by atoms with Crippen molar-refractivity contribution in [1.29, 1.82) is 0 Å². The van der Waals surface area contributed by atoms with E-state index in [4.69, 9.17) is 4.74 Å². The molecule has 1 atom stereocenters. The van der Waals surface area contributed by atoms with Gasteiger partial charge >= 0.3 is 6.09 Å². The van der Waals surface area contributed by atoms with Crippen molar-refractivity contribution in [2.24, 2.45) is 0 Å². The molecule has 0 saturated heterocycles. The van der Waals surface area contributed by atoms with Gasteiger partial charge in [0, 0.05) is 23.8 Å². The largest absolute Gasteiger partial charge is 0.444 e. The lowest BCUT2D eigenvalue weighted by Gasteiger charge is -2.34. The van der Waals surface area contributed by atoms with Crippen molar-refractivity contribution in [3.05, 3.63) is 29.6 Å². The van der Waals surface area contributed by atoms with Crippen molar-refractivity contribution in [3.8, 4) is 0 Å². The number of carbonyl (C=O) groups is 1. The summed E-state index contributed by atoms with van der Waals surface area (Å²) in [7, 11) is 0. The van der Waals surface area contributed by atoms with E-state index >= 15 is 0 Å². The van der Waals surface area contributed by atoms with Crippen LogP contribution in [0.4, 0.5) is 4.79 Å². The van der Waals surface area contributed by atoms with Crippen molar-refractivity contribution in [2.45, 2.75) is 52.8 Å². The molecule has 1 amide bonds. The lowest BCUT2D eigenvalue weighted by Crippen LogP contribution is -2.42. The predicted molar refractivity (Wildman–Crippen MR) is 85.8 cm³/mol. The Morgan fingerprint density at radius 1 is 1.36 bits per heavy atom. The van der Waals surface area contributed by atoms with Gasteiger partial charge in [0.2, 0.25) is 0 Å². The second-order valence-electron chi connectivity index (χ2n) is 7.14. The number of pyridine rings is 1. The van der Waals surface area contributed by atoms with Crippen LogP contribution in [0.5, 0.6) is 0 Å². The topological polar surface area (TPSA) is 47.4 Å². The Balaban J connectivity index is 1.93. The fourth-order valence-corrected chi connectivity index (χ4v) is 3.02. The van der Waals surface area contributed by atoms with Crippen molar-refractivity contribution in [1.82, 2.24) is 14.5 Å². The maximum atomic E-state index is 12.3. The number of hydrogen-bond donors (Lipinski definition) is 0. The van der Waals surface area contributed by atoms with Gasteiger partial charge in [0.25, 0.3) is 0 Å². The minimum absolute atomic E-state index is 0.184. The van der Waals surface area contributed by atoms with Crippen LogP contribution in [-0.2, 0) is 11.3 Å². The second kappa shape index (κ2) is 5.00. The average molecular weight is 301 g/mol. The minimum Gasteiger partial charge on any atom is -0.444 e. The third kappa shape index (κ3) is 2.67. The molecule has 0 aliphatic carbocycles. The number of fused-ring (bicyclic) bond motifs is 3. The molecule has 2 aromatic rings. The highest BCUT2D eigenvalue weighted by Gasteiger charge is 2.30. The highest BCUT2D eigenvalue weighted by atomic mass is 16.6. The third-order valence-electron chi connectivity index (χ3n) is 3.82. The van der Waals surface area contributed by atoms with Crippen LogP contribution in [0.15, 0.2) is 18.3 Å². The van der Waals surface area contributed by atoms with Gasteiger partial charge in [-0.15, -0.1) is 0 Å². The Bertz CT molecular complexity index is 727. The molecule has 0 radical (unpaired) electrons. The van der Waals surface area contributed by atoms with Crippen molar-refractivity contribution in [2.75, 3.05) is 6.54 Å². The fourth-order valence-electron chi connectivity index (χ4n) is 3.02. The van der Waals surface area contributed by atoms with E-state index in [0.717, 1.165) is 22.3 Å². The van der Waals surface area contributed by atoms with Gasteiger partial charge in [-0.2, -0.15) is 0 Å². The summed E-state index contributed by atoms with van der Waals surface area (Å²) in [5.74, 6) is 0. The summed E-state index contributed by atoms with van der Waals surface area (Å²) in [4.78, 5) is 18.7. The normalized spacial score (nSPS) is 18.4. The van der Waals surface area contributed by atoms with E-state index in [1.54, 1.807) is 4.90 Å². The van der Waals surface area contributed by atoms with Gasteiger partial charge in [0.05, 0.1) is 12.6 Å². The number of carbonyl (C=O) groups excluding carboxylic acids is 1. The van der Waals surface area contributed by atoms with Gasteiger partial charge in [0.1, 0.15) is 11.2 Å². The quantitative estimate of drug-likeness (QED) is 0.746. The zero-order chi connectivity index (χ0) is 16.1. The zero-order valence-electron chi connectivity index (χ0n) is 13.9. The standard InChI is InChI=1S/C17H23N3O2/c1-11-6-13-7-14-10-19(16(21)22-17(3,4)5)9-12(2)20(14)15(13)18-8-11/h6-8,12H,9-10H2,1-5H3/t12-/m1/s1. The summed E-state index contributed by atoms with van der Waals surface area (Å²) >= 11 is 0. The summed E-state index contributed by atoms with van der Waals surface area (Å²) in [5, 5.41) is 1.13. The number of ether oxygens (including phenoxy) is 1. The molecule has 0 saturated carbocycles. The van der Waals surface area contributed by atoms with Gasteiger partial charge in [-0.25, -0.2) is 9.78 Å². The van der Waals surface area contributed by atoms with E-state index < -0.39 is 5.60 Å². The van der Waals surface area contributed by atoms with Crippen molar-refractivity contribution < 1.29 is 9.53 Å². The fraction of sp³-hybridized carbons (Fsp3) is 0.529. The van der Waals surface area contributed by atoms with Gasteiger partial charge in [-0.1, -0.05) is 0 Å². The molecular weight excluding hydrogens is 278 g/mol. The first-order valence-electron chi connectivity index (χ1n) is 7.69. The molecule has 0 aromatic carbocycles. The summed E-state index contributed by atoms with van der Waals surface area (Å²) in [6.45, 7) is 11.0. The van der Waals surface area contributed by atoms with Gasteiger partial charge in [0.15, 0.2) is 0 Å². The zero-order valence-corrected chi connectivity index (χ0v) is 13.9. The van der Waals surface area contributed by atoms with Crippen LogP contribution in [0.25, 0.3) is 11.0 Å². The van der Waals surface area contributed by atoms with E-state index in [1.807, 2.05) is 33.9 Å². The Morgan fingerprint density at radius 3 is 2.77 bits per heavy atom. The predicted octanol–water partition coefficient (Wildman–Crippen LogP) is 3.66. The first kappa shape index (κ1) is 14.9. The first-order valence-corrected chi connectivity index (χ1v) is 7.69. The Morgan fingerprint density at radius 2 is 2.09 bits per heavy atom. The average Bonchev–Trinajstić information content (AvgIpc) is 2.74. The molecule has 5 nitrogen and oxygen atoms in total. The molecule has 3 rings (SSSR count). The second-order valence-corrected chi connectivity index (χ2v) is 7.14. The maximum absolute atomic E-state index is 12.3. The molecule has 2 aromatic heterocycles. The lowest BCUT2D eigenvalue weighted by molar-refractivity contribution is 0.0175. The molecule has 118 valence electrons. The molecule has 0 spiro atoms. The summed E-state index contributed by atoms with van der Waals surface area (Å²) in [6, 6.07) is 4.45. The molecule has 0 unspecified atom stereocenters. The lowest BCUT2D eigenvalue weighted by atomic mass is 10.2. The smallest absolute Gasteiger partial charge is 0.410 e. The Kier molecular flexibility index (Phi) is 3.38. The monoisotopic (exact) mass is 301 g/mol. The number of amides is 1. The molecule has 3 heterocycles. The molecule has 1 aliphatic heterocycles. The van der Waals surface area contributed by atoms with Gasteiger partial charge in [-0.3, -0.25) is 0 Å². The molecule has 0 fully saturated rings. The highest BCUT2D eigenvalue weighted by Crippen LogP contribution is 2.29. The van der Waals surface area contributed by atoms with E-state index in [1.165, 1.54) is 0 Å². The van der Waals surface area contributed by atoms with Crippen LogP contribution in [0.2, 0.25) is 0 Å². The van der Waals surface area contributed by atoms with Crippen LogP contribution in [0.3, 0.4) is 0 Å². The molecular formula is C17H23N3O2. The van der Waals surface area contributed by atoms with Gasteiger partial charge in [-0.05, 0) is 52.3 Å². The van der Waals surface area contributed by atoms with E-state index in [0.29, 0.717) is 13.1 Å². The Labute approximate surface area is 130 Å². The van der Waals surface area contributed by atoms with Gasteiger partial charge < -0.3 is 14.2 Å². The number of rotatable bonds is 0. The van der Waals surface area contributed by atoms with E-state index in [9.17, 15) is 4.79 Å². The molecule has 0 N–H and O–H groups in total. The first-order chi connectivity index (χ1) is 10.2. The van der Waals surface area contributed by atoms with Crippen molar-refractivity contribution in [3.63, 3.8) is 0 Å². The maximum Gasteiger partial charge on any atom is 0.410 e. The molecule has 22 heavy (non-hydrogen) atoms. The molecule has 1 aliphatic rings. The van der Waals surface area contributed by atoms with E-state index in [2.05, 4.69) is 28.6 Å². The SMILES string of the molecule is Cc1cnc2c(c1)cc1n2[C@H](C)CN(C(=O)OC(C)(C)C)C1. The summed E-state index contributed by atoms with van der Waals surface area (Å²) < 4.78 is 7.73. The van der Waals surface area contributed by atoms with Crippen LogP contribution >= 0.6 is 0 Å². The molecule has 5 heteroatoms. The molecule has 0 bridgehead atoms. The highest BCUT2D eigenvalue weighted by molar-refractivity contribution is 5.79. The van der Waals surface area contributed by atoms with Crippen LogP contribution in [-0.4, -0.2) is 32.7 Å². The van der Waals surface area contributed by atoms with Crippen LogP contribution in [0.1, 0.15) is 45.0 Å². The summed E-state index contributed by atoms with van der Waals surface area (Å²) in [5.41, 5.74) is 2.78. The number of hydrogen-bond acceptors (Lipinski definition) is 3. The van der Waals surface area contributed by atoms with Crippen LogP contribution in [0, 0.1) is 6.92 Å². The van der Waals surface area contributed by atoms with Crippen LogP contribution < -0.4 is 0 Å².